The van der Waals surface area contributed by atoms with E-state index in [0.29, 0.717) is 18.1 Å². The van der Waals surface area contributed by atoms with Crippen molar-refractivity contribution in [3.05, 3.63) is 47.3 Å². The lowest BCUT2D eigenvalue weighted by molar-refractivity contribution is 0.931. The number of nitrogens with one attached hydrogen (secondary N) is 1. The minimum absolute atomic E-state index is 0.134. The molecule has 1 unspecified atom stereocenters. The van der Waals surface area contributed by atoms with E-state index >= 15 is 0 Å². The van der Waals surface area contributed by atoms with E-state index in [1.54, 1.807) is 0 Å². The summed E-state index contributed by atoms with van der Waals surface area (Å²) in [6, 6.07) is -0.134. The van der Waals surface area contributed by atoms with Crippen LogP contribution < -0.4 is 22.5 Å². The molecule has 0 radical (unpaired) electrons. The summed E-state index contributed by atoms with van der Waals surface area (Å²) in [5.74, 6) is 0.484. The molecular weight excluding hydrogens is 226 g/mol. The molecule has 1 aliphatic rings. The Kier molecular flexibility index (Phi) is 5.35. The maximum absolute atomic E-state index is 6.01. The Morgan fingerprint density at radius 3 is 2.78 bits per heavy atom. The van der Waals surface area contributed by atoms with Gasteiger partial charge in [-0.2, -0.15) is 0 Å². The minimum atomic E-state index is -0.134. The maximum Gasteiger partial charge on any atom is 0.114 e. The van der Waals surface area contributed by atoms with Gasteiger partial charge in [0.2, 0.25) is 0 Å². The van der Waals surface area contributed by atoms with E-state index in [-0.39, 0.29) is 6.04 Å². The van der Waals surface area contributed by atoms with Gasteiger partial charge in [-0.1, -0.05) is 24.3 Å². The van der Waals surface area contributed by atoms with Crippen molar-refractivity contribution in [2.24, 2.45) is 22.2 Å². The van der Waals surface area contributed by atoms with Crippen molar-refractivity contribution >= 4 is 5.84 Å². The Morgan fingerprint density at radius 2 is 2.22 bits per heavy atom. The standard InChI is InChI=1S/C13H21N5/c1-9(10-5-3-4-6-11(10)15)12(7-14)18-13(16)8-17-2/h3-7,11,17H,8,14-15H2,1-2H3,(H2,16,18)/b10-9-,12-7+. The van der Waals surface area contributed by atoms with Crippen molar-refractivity contribution in [2.75, 3.05) is 13.6 Å². The molecule has 0 spiro atoms. The molecule has 1 atom stereocenters. The second-order valence-corrected chi connectivity index (χ2v) is 4.04. The molecule has 5 nitrogen and oxygen atoms in total. The zero-order chi connectivity index (χ0) is 13.5. The van der Waals surface area contributed by atoms with E-state index in [1.807, 2.05) is 38.3 Å². The monoisotopic (exact) mass is 247 g/mol. The van der Waals surface area contributed by atoms with Crippen LogP contribution in [-0.4, -0.2) is 25.5 Å². The predicted octanol–water partition coefficient (Wildman–Crippen LogP) is 0.133. The zero-order valence-corrected chi connectivity index (χ0v) is 10.9. The molecule has 5 heteroatoms. The van der Waals surface area contributed by atoms with Gasteiger partial charge in [0.25, 0.3) is 0 Å². The van der Waals surface area contributed by atoms with E-state index in [4.69, 9.17) is 17.2 Å². The first-order valence-corrected chi connectivity index (χ1v) is 5.81. The summed E-state index contributed by atoms with van der Waals surface area (Å²) >= 11 is 0. The smallest absolute Gasteiger partial charge is 0.114 e. The Morgan fingerprint density at radius 1 is 1.50 bits per heavy atom. The molecular formula is C13H21N5. The number of likely N-dealkylation sites (N-methyl/N-ethyl adjacent to an activating group) is 1. The van der Waals surface area contributed by atoms with Crippen LogP contribution >= 0.6 is 0 Å². The molecule has 1 rings (SSSR count). The molecule has 0 aromatic carbocycles. The molecule has 0 amide bonds. The molecule has 0 saturated heterocycles. The first-order chi connectivity index (χ1) is 8.60. The molecule has 18 heavy (non-hydrogen) atoms. The van der Waals surface area contributed by atoms with Gasteiger partial charge in [-0.3, -0.25) is 0 Å². The summed E-state index contributed by atoms with van der Waals surface area (Å²) < 4.78 is 0. The first-order valence-electron chi connectivity index (χ1n) is 5.81. The van der Waals surface area contributed by atoms with Crippen LogP contribution in [0.15, 0.2) is 52.3 Å². The highest BCUT2D eigenvalue weighted by Gasteiger charge is 2.12. The molecule has 98 valence electrons. The number of allylic oxidation sites excluding steroid dienone is 3. The van der Waals surface area contributed by atoms with Gasteiger partial charge >= 0.3 is 0 Å². The van der Waals surface area contributed by atoms with Crippen molar-refractivity contribution in [3.8, 4) is 0 Å². The van der Waals surface area contributed by atoms with Crippen LogP contribution in [0.3, 0.4) is 0 Å². The topological polar surface area (TPSA) is 102 Å². The van der Waals surface area contributed by atoms with Crippen LogP contribution in [0.2, 0.25) is 0 Å². The third kappa shape index (κ3) is 3.58. The number of nitrogens with zero attached hydrogens (tertiary/aromatic N) is 1. The average Bonchev–Trinajstić information content (AvgIpc) is 2.36. The average molecular weight is 247 g/mol. The van der Waals surface area contributed by atoms with Crippen LogP contribution in [0.4, 0.5) is 0 Å². The summed E-state index contributed by atoms with van der Waals surface area (Å²) in [4.78, 5) is 4.29. The minimum Gasteiger partial charge on any atom is -0.403 e. The molecule has 1 aliphatic carbocycles. The fourth-order valence-electron chi connectivity index (χ4n) is 1.70. The van der Waals surface area contributed by atoms with Gasteiger partial charge in [-0.25, -0.2) is 4.99 Å². The van der Waals surface area contributed by atoms with E-state index in [0.717, 1.165) is 11.1 Å². The highest BCUT2D eigenvalue weighted by Crippen LogP contribution is 2.20. The van der Waals surface area contributed by atoms with E-state index in [2.05, 4.69) is 10.3 Å². The quantitative estimate of drug-likeness (QED) is 0.419. The number of hydrogen-bond acceptors (Lipinski definition) is 4. The van der Waals surface area contributed by atoms with Gasteiger partial charge in [-0.15, -0.1) is 0 Å². The molecule has 0 saturated carbocycles. The molecule has 0 aromatic rings. The van der Waals surface area contributed by atoms with E-state index < -0.39 is 0 Å². The SMILES string of the molecule is CNCC(N)=NC(=C/N)/C(C)=C1/C=CC=CC1N. The largest absolute Gasteiger partial charge is 0.403 e. The van der Waals surface area contributed by atoms with Gasteiger partial charge in [0.05, 0.1) is 12.2 Å². The summed E-state index contributed by atoms with van der Waals surface area (Å²) in [6.45, 7) is 2.45. The first kappa shape index (κ1) is 14.2. The van der Waals surface area contributed by atoms with Crippen molar-refractivity contribution in [3.63, 3.8) is 0 Å². The van der Waals surface area contributed by atoms with Gasteiger partial charge in [-0.05, 0) is 25.1 Å². The molecule has 0 bridgehead atoms. The number of rotatable bonds is 4. The van der Waals surface area contributed by atoms with Gasteiger partial charge < -0.3 is 22.5 Å². The van der Waals surface area contributed by atoms with Gasteiger partial charge in [0.1, 0.15) is 5.84 Å². The molecule has 0 aromatic heterocycles. The third-order valence-electron chi connectivity index (χ3n) is 2.66. The van der Waals surface area contributed by atoms with Crippen LogP contribution in [0, 0.1) is 0 Å². The fourth-order valence-corrected chi connectivity index (χ4v) is 1.70. The highest BCUT2D eigenvalue weighted by atomic mass is 14.9. The van der Waals surface area contributed by atoms with Crippen LogP contribution in [-0.2, 0) is 0 Å². The van der Waals surface area contributed by atoms with Gasteiger partial charge in [0, 0.05) is 12.2 Å². The highest BCUT2D eigenvalue weighted by molar-refractivity contribution is 5.83. The lowest BCUT2D eigenvalue weighted by Gasteiger charge is -2.16. The van der Waals surface area contributed by atoms with Crippen molar-refractivity contribution in [1.29, 1.82) is 0 Å². The van der Waals surface area contributed by atoms with Crippen LogP contribution in [0.1, 0.15) is 6.92 Å². The summed E-state index contributed by atoms with van der Waals surface area (Å²) in [5.41, 5.74) is 20.0. The van der Waals surface area contributed by atoms with Crippen molar-refractivity contribution < 1.29 is 0 Å². The Hall–Kier alpha value is -1.85. The Balaban J connectivity index is 3.03. The predicted molar refractivity (Wildman–Crippen MR) is 76.8 cm³/mol. The van der Waals surface area contributed by atoms with Crippen molar-refractivity contribution in [2.45, 2.75) is 13.0 Å². The van der Waals surface area contributed by atoms with Crippen LogP contribution in [0.25, 0.3) is 0 Å². The van der Waals surface area contributed by atoms with E-state index in [1.165, 1.54) is 6.20 Å². The lowest BCUT2D eigenvalue weighted by Crippen LogP contribution is -2.26. The number of nitrogens with two attached hydrogens (primary N) is 3. The zero-order valence-electron chi connectivity index (χ0n) is 10.9. The number of amidine groups is 1. The van der Waals surface area contributed by atoms with Crippen LogP contribution in [0.5, 0.6) is 0 Å². The number of aliphatic imine (C=N–C) groups is 1. The van der Waals surface area contributed by atoms with Crippen molar-refractivity contribution in [1.82, 2.24) is 5.32 Å². The molecule has 0 fully saturated rings. The Labute approximate surface area is 108 Å². The summed E-state index contributed by atoms with van der Waals surface area (Å²) in [6.07, 6.45) is 9.20. The normalized spacial score (nSPS) is 23.4. The number of hydrogen-bond donors (Lipinski definition) is 4. The second kappa shape index (κ2) is 6.78. The summed E-state index contributed by atoms with van der Waals surface area (Å²) in [7, 11) is 1.81. The maximum atomic E-state index is 6.01. The second-order valence-electron chi connectivity index (χ2n) is 4.04. The van der Waals surface area contributed by atoms with E-state index in [9.17, 15) is 0 Å². The van der Waals surface area contributed by atoms with Gasteiger partial charge in [0.15, 0.2) is 0 Å². The molecule has 7 N–H and O–H groups in total. The molecule has 0 heterocycles. The fraction of sp³-hybridized carbons (Fsp3) is 0.308. The summed E-state index contributed by atoms with van der Waals surface area (Å²) in [5, 5.41) is 2.93. The third-order valence-corrected chi connectivity index (χ3v) is 2.66. The lowest BCUT2D eigenvalue weighted by atomic mass is 9.96. The molecule has 0 aliphatic heterocycles. The Bertz CT molecular complexity index is 440.